The number of hydrogen-bond acceptors (Lipinski definition) is 7. The Balaban J connectivity index is 1.61. The second-order valence-electron chi connectivity index (χ2n) is 5.69. The zero-order chi connectivity index (χ0) is 19.9. The Morgan fingerprint density at radius 3 is 2.68 bits per heavy atom. The second kappa shape index (κ2) is 9.43. The van der Waals surface area contributed by atoms with Crippen molar-refractivity contribution in [1.82, 2.24) is 10.3 Å². The van der Waals surface area contributed by atoms with Gasteiger partial charge in [0, 0.05) is 10.3 Å². The van der Waals surface area contributed by atoms with Gasteiger partial charge in [0.1, 0.15) is 28.9 Å². The first kappa shape index (κ1) is 20.0. The quantitative estimate of drug-likeness (QED) is 0.558. The molecule has 6 nitrogen and oxygen atoms in total. The highest BCUT2D eigenvalue weighted by Crippen LogP contribution is 2.23. The van der Waals surface area contributed by atoms with Crippen molar-refractivity contribution in [1.29, 1.82) is 0 Å². The maximum atomic E-state index is 12.9. The summed E-state index contributed by atoms with van der Waals surface area (Å²) in [5.74, 6) is -0.622. The van der Waals surface area contributed by atoms with Crippen LogP contribution in [0.4, 0.5) is 4.39 Å². The first-order chi connectivity index (χ1) is 13.5. The number of halogens is 1. The van der Waals surface area contributed by atoms with Gasteiger partial charge in [-0.2, -0.15) is 0 Å². The van der Waals surface area contributed by atoms with Gasteiger partial charge < -0.3 is 14.8 Å². The number of carbonyl (C=O) groups is 2. The fourth-order valence-corrected chi connectivity index (χ4v) is 3.82. The van der Waals surface area contributed by atoms with Crippen LogP contribution in [0.25, 0.3) is 0 Å². The molecule has 146 valence electrons. The lowest BCUT2D eigenvalue weighted by atomic mass is 10.1. The number of amides is 1. The van der Waals surface area contributed by atoms with E-state index in [1.807, 2.05) is 17.5 Å². The van der Waals surface area contributed by atoms with E-state index >= 15 is 0 Å². The molecule has 28 heavy (non-hydrogen) atoms. The third-order valence-electron chi connectivity index (χ3n) is 3.75. The molecule has 3 rings (SSSR count). The average Bonchev–Trinajstić information content (AvgIpc) is 3.39. The van der Waals surface area contributed by atoms with Crippen molar-refractivity contribution in [3.63, 3.8) is 0 Å². The summed E-state index contributed by atoms with van der Waals surface area (Å²) >= 11 is 2.73. The number of esters is 1. The van der Waals surface area contributed by atoms with Crippen LogP contribution in [0.3, 0.4) is 0 Å². The summed E-state index contributed by atoms with van der Waals surface area (Å²) in [6.45, 7) is 0.167. The number of thiazole rings is 1. The van der Waals surface area contributed by atoms with E-state index in [0.29, 0.717) is 10.8 Å². The summed E-state index contributed by atoms with van der Waals surface area (Å²) in [7, 11) is 1.31. The SMILES string of the molecule is COC(=O)CC(NC(=O)c1csc(COc2ccc(F)cc2)n1)c1cccs1. The highest BCUT2D eigenvalue weighted by atomic mass is 32.1. The van der Waals surface area contributed by atoms with E-state index in [1.165, 1.54) is 54.0 Å². The normalized spacial score (nSPS) is 11.6. The zero-order valence-electron chi connectivity index (χ0n) is 14.9. The van der Waals surface area contributed by atoms with Crippen molar-refractivity contribution in [3.8, 4) is 5.75 Å². The topological polar surface area (TPSA) is 77.5 Å². The third-order valence-corrected chi connectivity index (χ3v) is 5.56. The highest BCUT2D eigenvalue weighted by molar-refractivity contribution is 7.10. The number of thiophene rings is 1. The second-order valence-corrected chi connectivity index (χ2v) is 7.61. The average molecular weight is 420 g/mol. The van der Waals surface area contributed by atoms with Crippen LogP contribution in [-0.2, 0) is 16.1 Å². The van der Waals surface area contributed by atoms with Crippen LogP contribution in [0.5, 0.6) is 5.75 Å². The molecule has 2 aromatic heterocycles. The molecule has 0 bridgehead atoms. The standard InChI is InChI=1S/C19H17FN2O4S2/c1-25-18(23)9-14(16-3-2-8-27-16)22-19(24)15-11-28-17(21-15)10-26-13-6-4-12(20)5-7-13/h2-8,11,14H,9-10H2,1H3,(H,22,24). The minimum Gasteiger partial charge on any atom is -0.486 e. The van der Waals surface area contributed by atoms with Gasteiger partial charge in [-0.1, -0.05) is 6.07 Å². The van der Waals surface area contributed by atoms with E-state index in [0.717, 1.165) is 4.88 Å². The van der Waals surface area contributed by atoms with Crippen LogP contribution in [0, 0.1) is 5.82 Å². The van der Waals surface area contributed by atoms with Gasteiger partial charge in [-0.3, -0.25) is 9.59 Å². The zero-order valence-corrected chi connectivity index (χ0v) is 16.5. The molecule has 0 spiro atoms. The molecule has 0 saturated carbocycles. The number of benzene rings is 1. The Morgan fingerprint density at radius 2 is 2.00 bits per heavy atom. The predicted molar refractivity (Wildman–Crippen MR) is 104 cm³/mol. The molecule has 0 fully saturated rings. The summed E-state index contributed by atoms with van der Waals surface area (Å²) in [5.41, 5.74) is 0.245. The fraction of sp³-hybridized carbons (Fsp3) is 0.211. The van der Waals surface area contributed by atoms with E-state index in [2.05, 4.69) is 10.3 Å². The van der Waals surface area contributed by atoms with E-state index < -0.39 is 12.0 Å². The first-order valence-corrected chi connectivity index (χ1v) is 10.0. The molecule has 0 aliphatic heterocycles. The number of aromatic nitrogens is 1. The van der Waals surface area contributed by atoms with E-state index in [1.54, 1.807) is 5.38 Å². The van der Waals surface area contributed by atoms with E-state index in [9.17, 15) is 14.0 Å². The lowest BCUT2D eigenvalue weighted by molar-refractivity contribution is -0.141. The fourth-order valence-electron chi connectivity index (χ4n) is 2.35. The van der Waals surface area contributed by atoms with Crippen molar-refractivity contribution in [2.75, 3.05) is 7.11 Å². The van der Waals surface area contributed by atoms with Gasteiger partial charge in [0.25, 0.3) is 5.91 Å². The number of nitrogens with zero attached hydrogens (tertiary/aromatic N) is 1. The molecule has 0 aliphatic carbocycles. The van der Waals surface area contributed by atoms with Crippen molar-refractivity contribution in [2.45, 2.75) is 19.1 Å². The Kier molecular flexibility index (Phi) is 6.72. The largest absolute Gasteiger partial charge is 0.486 e. The molecular formula is C19H17FN2O4S2. The molecule has 1 amide bonds. The molecule has 3 aromatic rings. The number of nitrogens with one attached hydrogen (secondary N) is 1. The monoisotopic (exact) mass is 420 g/mol. The highest BCUT2D eigenvalue weighted by Gasteiger charge is 2.22. The van der Waals surface area contributed by atoms with Crippen LogP contribution in [0.1, 0.15) is 32.8 Å². The van der Waals surface area contributed by atoms with Crippen molar-refractivity contribution in [2.24, 2.45) is 0 Å². The van der Waals surface area contributed by atoms with Gasteiger partial charge in [-0.25, -0.2) is 9.37 Å². The number of methoxy groups -OCH3 is 1. The molecule has 9 heteroatoms. The lowest BCUT2D eigenvalue weighted by Gasteiger charge is -2.15. The molecule has 1 atom stereocenters. The summed E-state index contributed by atoms with van der Waals surface area (Å²) in [6.07, 6.45) is 0.0351. The number of hydrogen-bond donors (Lipinski definition) is 1. The van der Waals surface area contributed by atoms with Crippen LogP contribution in [0.2, 0.25) is 0 Å². The van der Waals surface area contributed by atoms with Gasteiger partial charge in [0.05, 0.1) is 19.6 Å². The Hall–Kier alpha value is -2.78. The van der Waals surface area contributed by atoms with Crippen LogP contribution in [-0.4, -0.2) is 24.0 Å². The molecule has 1 N–H and O–H groups in total. The molecule has 1 unspecified atom stereocenters. The summed E-state index contributed by atoms with van der Waals surface area (Å²) in [6, 6.07) is 8.88. The number of rotatable bonds is 8. The van der Waals surface area contributed by atoms with Gasteiger partial charge >= 0.3 is 5.97 Å². The number of carbonyl (C=O) groups excluding carboxylic acids is 2. The Morgan fingerprint density at radius 1 is 1.21 bits per heavy atom. The summed E-state index contributed by atoms with van der Waals surface area (Å²) in [5, 5.41) is 6.94. The lowest BCUT2D eigenvalue weighted by Crippen LogP contribution is -2.30. The molecule has 0 radical (unpaired) electrons. The summed E-state index contributed by atoms with van der Waals surface area (Å²) in [4.78, 5) is 29.3. The van der Waals surface area contributed by atoms with Gasteiger partial charge in [-0.05, 0) is 35.7 Å². The van der Waals surface area contributed by atoms with E-state index in [4.69, 9.17) is 9.47 Å². The van der Waals surface area contributed by atoms with Gasteiger partial charge in [-0.15, -0.1) is 22.7 Å². The number of ether oxygens (including phenoxy) is 2. The maximum absolute atomic E-state index is 12.9. The molecular weight excluding hydrogens is 403 g/mol. The minimum absolute atomic E-state index is 0.0351. The smallest absolute Gasteiger partial charge is 0.307 e. The van der Waals surface area contributed by atoms with Crippen LogP contribution in [0.15, 0.2) is 47.2 Å². The first-order valence-electron chi connectivity index (χ1n) is 8.29. The Labute approximate surface area is 169 Å². The Bertz CT molecular complexity index is 926. The molecule has 0 saturated heterocycles. The molecule has 1 aromatic carbocycles. The summed E-state index contributed by atoms with van der Waals surface area (Å²) < 4.78 is 23.2. The molecule has 0 aliphatic rings. The third kappa shape index (κ3) is 5.37. The van der Waals surface area contributed by atoms with Gasteiger partial charge in [0.15, 0.2) is 0 Å². The van der Waals surface area contributed by atoms with Crippen LogP contribution >= 0.6 is 22.7 Å². The van der Waals surface area contributed by atoms with Gasteiger partial charge in [0.2, 0.25) is 0 Å². The minimum atomic E-state index is -0.486. The van der Waals surface area contributed by atoms with Crippen molar-refractivity contribution < 1.29 is 23.5 Å². The molecule has 2 heterocycles. The van der Waals surface area contributed by atoms with Crippen molar-refractivity contribution >= 4 is 34.6 Å². The van der Waals surface area contributed by atoms with E-state index in [-0.39, 0.29) is 30.4 Å². The predicted octanol–water partition coefficient (Wildman–Crippen LogP) is 3.96. The van der Waals surface area contributed by atoms with Crippen molar-refractivity contribution in [3.05, 3.63) is 68.6 Å². The maximum Gasteiger partial charge on any atom is 0.307 e. The van der Waals surface area contributed by atoms with Crippen LogP contribution < -0.4 is 10.1 Å².